The topological polar surface area (TPSA) is 62.1 Å². The molecule has 3 rings (SSSR count). The van der Waals surface area contributed by atoms with Crippen LogP contribution >= 0.6 is 0 Å². The predicted molar refractivity (Wildman–Crippen MR) is 60.2 cm³/mol. The van der Waals surface area contributed by atoms with Gasteiger partial charge in [-0.05, 0) is 18.6 Å². The minimum atomic E-state index is -0.268. The van der Waals surface area contributed by atoms with E-state index < -0.39 is 0 Å². The number of hydrogen-bond donors (Lipinski definition) is 1. The molecule has 0 aliphatic carbocycles. The zero-order valence-electron chi connectivity index (χ0n) is 8.74. The summed E-state index contributed by atoms with van der Waals surface area (Å²) in [5.74, 6) is 0.607. The van der Waals surface area contributed by atoms with Crippen LogP contribution in [0.5, 0.6) is 0 Å². The normalized spacial score (nSPS) is 20.6. The van der Waals surface area contributed by atoms with Gasteiger partial charge in [-0.1, -0.05) is 12.1 Å². The summed E-state index contributed by atoms with van der Waals surface area (Å²) < 4.78 is 0. The Kier molecular flexibility index (Phi) is 2.18. The van der Waals surface area contributed by atoms with Crippen LogP contribution in [0.1, 0.15) is 6.42 Å². The zero-order chi connectivity index (χ0) is 11.0. The molecule has 2 aromatic rings. The monoisotopic (exact) mass is 216 g/mol. The fraction of sp³-hybridized carbons (Fsp3) is 0.364. The van der Waals surface area contributed by atoms with E-state index >= 15 is 0 Å². The van der Waals surface area contributed by atoms with Crippen LogP contribution in [0, 0.1) is 0 Å². The highest BCUT2D eigenvalue weighted by atomic mass is 16.3. The number of anilines is 1. The van der Waals surface area contributed by atoms with Crippen LogP contribution in [-0.4, -0.2) is 39.5 Å². The molecule has 0 bridgehead atoms. The number of benzene rings is 1. The molecule has 0 saturated carbocycles. The Morgan fingerprint density at radius 2 is 2.00 bits per heavy atom. The molecule has 0 spiro atoms. The maximum Gasteiger partial charge on any atom is 0.246 e. The van der Waals surface area contributed by atoms with E-state index in [0.717, 1.165) is 24.0 Å². The van der Waals surface area contributed by atoms with E-state index in [9.17, 15) is 5.11 Å². The molecule has 1 fully saturated rings. The van der Waals surface area contributed by atoms with E-state index in [0.29, 0.717) is 12.5 Å². The molecule has 1 aromatic heterocycles. The van der Waals surface area contributed by atoms with Crippen molar-refractivity contribution in [3.05, 3.63) is 24.3 Å². The maximum atomic E-state index is 9.46. The van der Waals surface area contributed by atoms with Gasteiger partial charge in [-0.25, -0.2) is 4.98 Å². The van der Waals surface area contributed by atoms with Crippen molar-refractivity contribution in [1.82, 2.24) is 15.2 Å². The van der Waals surface area contributed by atoms with Crippen LogP contribution in [0.25, 0.3) is 11.0 Å². The molecule has 1 aliphatic heterocycles. The standard InChI is InChI=1S/C11H12N4O/c16-8-5-6-15(7-8)11-12-9-3-1-2-4-10(9)13-14-11/h1-4,8,16H,5-7H2. The summed E-state index contributed by atoms with van der Waals surface area (Å²) in [7, 11) is 0. The van der Waals surface area contributed by atoms with E-state index in [1.807, 2.05) is 29.2 Å². The summed E-state index contributed by atoms with van der Waals surface area (Å²) in [6, 6.07) is 7.65. The molecule has 1 N–H and O–H groups in total. The quantitative estimate of drug-likeness (QED) is 0.756. The highest BCUT2D eigenvalue weighted by Crippen LogP contribution is 2.17. The number of β-amino-alcohol motifs (C(OH)–C–C–N with tert-alkyl or cyclic N) is 1. The van der Waals surface area contributed by atoms with E-state index in [1.54, 1.807) is 0 Å². The molecule has 1 aromatic carbocycles. The first-order valence-corrected chi connectivity index (χ1v) is 5.35. The minimum Gasteiger partial charge on any atom is -0.391 e. The highest BCUT2D eigenvalue weighted by Gasteiger charge is 2.22. The molecule has 1 saturated heterocycles. The lowest BCUT2D eigenvalue weighted by atomic mass is 10.3. The van der Waals surface area contributed by atoms with Crippen molar-refractivity contribution in [2.24, 2.45) is 0 Å². The molecule has 82 valence electrons. The van der Waals surface area contributed by atoms with Crippen LogP contribution in [0.15, 0.2) is 24.3 Å². The summed E-state index contributed by atoms with van der Waals surface area (Å²) in [5, 5.41) is 17.6. The van der Waals surface area contributed by atoms with Gasteiger partial charge in [0.15, 0.2) is 0 Å². The van der Waals surface area contributed by atoms with E-state index in [1.165, 1.54) is 0 Å². The van der Waals surface area contributed by atoms with Crippen molar-refractivity contribution < 1.29 is 5.11 Å². The first kappa shape index (κ1) is 9.47. The lowest BCUT2D eigenvalue weighted by molar-refractivity contribution is 0.198. The average molecular weight is 216 g/mol. The van der Waals surface area contributed by atoms with Gasteiger partial charge in [-0.15, -0.1) is 10.2 Å². The van der Waals surface area contributed by atoms with Crippen molar-refractivity contribution in [1.29, 1.82) is 0 Å². The van der Waals surface area contributed by atoms with Crippen LogP contribution in [0.4, 0.5) is 5.95 Å². The van der Waals surface area contributed by atoms with E-state index in [4.69, 9.17) is 0 Å². The second kappa shape index (κ2) is 3.68. The van der Waals surface area contributed by atoms with Crippen molar-refractivity contribution in [2.45, 2.75) is 12.5 Å². The van der Waals surface area contributed by atoms with Crippen LogP contribution in [0.2, 0.25) is 0 Å². The van der Waals surface area contributed by atoms with Crippen LogP contribution < -0.4 is 4.90 Å². The number of aliphatic hydroxyl groups excluding tert-OH is 1. The zero-order valence-corrected chi connectivity index (χ0v) is 8.74. The average Bonchev–Trinajstić information content (AvgIpc) is 2.75. The van der Waals surface area contributed by atoms with Crippen molar-refractivity contribution in [2.75, 3.05) is 18.0 Å². The van der Waals surface area contributed by atoms with E-state index in [2.05, 4.69) is 15.2 Å². The van der Waals surface area contributed by atoms with E-state index in [-0.39, 0.29) is 6.10 Å². The first-order valence-electron chi connectivity index (χ1n) is 5.35. The van der Waals surface area contributed by atoms with Crippen molar-refractivity contribution in [3.63, 3.8) is 0 Å². The molecule has 2 heterocycles. The Hall–Kier alpha value is -1.75. The largest absolute Gasteiger partial charge is 0.391 e. The summed E-state index contributed by atoms with van der Waals surface area (Å²) in [6.45, 7) is 1.39. The third-order valence-corrected chi connectivity index (χ3v) is 2.80. The number of para-hydroxylation sites is 1. The molecule has 0 amide bonds. The lowest BCUT2D eigenvalue weighted by Crippen LogP contribution is -2.23. The summed E-state index contributed by atoms with van der Waals surface area (Å²) in [6.07, 6.45) is 0.506. The molecule has 1 atom stereocenters. The van der Waals surface area contributed by atoms with Crippen LogP contribution in [0.3, 0.4) is 0 Å². The Labute approximate surface area is 92.7 Å². The SMILES string of the molecule is OC1CCN(c2nnc3ccccc3n2)C1. The van der Waals surface area contributed by atoms with Gasteiger partial charge in [-0.2, -0.15) is 0 Å². The van der Waals surface area contributed by atoms with Gasteiger partial charge in [0, 0.05) is 13.1 Å². The predicted octanol–water partition coefficient (Wildman–Crippen LogP) is 0.596. The first-order chi connectivity index (χ1) is 7.83. The smallest absolute Gasteiger partial charge is 0.246 e. The number of hydrogen-bond acceptors (Lipinski definition) is 5. The van der Waals surface area contributed by atoms with Crippen molar-refractivity contribution >= 4 is 17.0 Å². The summed E-state index contributed by atoms with van der Waals surface area (Å²) in [4.78, 5) is 6.40. The third kappa shape index (κ3) is 1.59. The maximum absolute atomic E-state index is 9.46. The third-order valence-electron chi connectivity index (χ3n) is 2.80. The Morgan fingerprint density at radius 1 is 1.19 bits per heavy atom. The molecule has 1 aliphatic rings. The van der Waals surface area contributed by atoms with Gasteiger partial charge in [0.25, 0.3) is 0 Å². The molecule has 1 unspecified atom stereocenters. The van der Waals surface area contributed by atoms with Gasteiger partial charge in [0.05, 0.1) is 11.6 Å². The highest BCUT2D eigenvalue weighted by molar-refractivity contribution is 5.74. The number of rotatable bonds is 1. The summed E-state index contributed by atoms with van der Waals surface area (Å²) >= 11 is 0. The Morgan fingerprint density at radius 3 is 2.75 bits per heavy atom. The van der Waals surface area contributed by atoms with Crippen LogP contribution in [-0.2, 0) is 0 Å². The molecule has 5 heteroatoms. The van der Waals surface area contributed by atoms with Crippen molar-refractivity contribution in [3.8, 4) is 0 Å². The molecule has 16 heavy (non-hydrogen) atoms. The molecule has 0 radical (unpaired) electrons. The van der Waals surface area contributed by atoms with Gasteiger partial charge < -0.3 is 10.0 Å². The van der Waals surface area contributed by atoms with Gasteiger partial charge in [-0.3, -0.25) is 0 Å². The number of fused-ring (bicyclic) bond motifs is 1. The fourth-order valence-corrected chi connectivity index (χ4v) is 1.93. The van der Waals surface area contributed by atoms with Gasteiger partial charge in [0.2, 0.25) is 5.95 Å². The molecular weight excluding hydrogens is 204 g/mol. The second-order valence-corrected chi connectivity index (χ2v) is 3.99. The fourth-order valence-electron chi connectivity index (χ4n) is 1.93. The number of aliphatic hydroxyl groups is 1. The van der Waals surface area contributed by atoms with Gasteiger partial charge >= 0.3 is 0 Å². The molecule has 5 nitrogen and oxygen atoms in total. The Balaban J connectivity index is 1.99. The lowest BCUT2D eigenvalue weighted by Gasteiger charge is -2.14. The molecular formula is C11H12N4O. The number of nitrogens with zero attached hydrogens (tertiary/aromatic N) is 4. The second-order valence-electron chi connectivity index (χ2n) is 3.99. The minimum absolute atomic E-state index is 0.268. The number of aromatic nitrogens is 3. The summed E-state index contributed by atoms with van der Waals surface area (Å²) in [5.41, 5.74) is 1.64. The Bertz CT molecular complexity index is 516. The van der Waals surface area contributed by atoms with Gasteiger partial charge in [0.1, 0.15) is 5.52 Å².